The van der Waals surface area contributed by atoms with Gasteiger partial charge in [-0.05, 0) is 57.7 Å². The quantitative estimate of drug-likeness (QED) is 0.671. The molecule has 3 rings (SSSR count). The molecule has 1 fully saturated rings. The van der Waals surface area contributed by atoms with Gasteiger partial charge in [-0.25, -0.2) is 0 Å². The fourth-order valence-corrected chi connectivity index (χ4v) is 4.64. The van der Waals surface area contributed by atoms with Gasteiger partial charge in [-0.2, -0.15) is 0 Å². The van der Waals surface area contributed by atoms with Gasteiger partial charge in [-0.3, -0.25) is 0 Å². The second-order valence-electron chi connectivity index (χ2n) is 8.79. The Morgan fingerprint density at radius 3 is 2.86 bits per heavy atom. The molecule has 0 saturated heterocycles. The number of fused-ring (bicyclic) bond motifs is 1. The van der Waals surface area contributed by atoms with Gasteiger partial charge in [-0.1, -0.05) is 65.8 Å². The molecule has 0 heterocycles. The lowest BCUT2D eigenvalue weighted by molar-refractivity contribution is 0.140. The fraction of sp³-hybridized carbons (Fsp3) is 0.520. The fourth-order valence-electron chi connectivity index (χ4n) is 4.64. The highest BCUT2D eigenvalue weighted by Gasteiger charge is 2.42. The van der Waals surface area contributed by atoms with Gasteiger partial charge in [0.2, 0.25) is 0 Å². The number of aryl methyl sites for hydroxylation is 1. The molecule has 0 spiro atoms. The Labute approximate surface area is 170 Å². The second-order valence-corrected chi connectivity index (χ2v) is 8.79. The van der Waals surface area contributed by atoms with Crippen LogP contribution in [0.15, 0.2) is 60.2 Å². The Kier molecular flexibility index (Phi) is 7.28. The van der Waals surface area contributed by atoms with Crippen molar-refractivity contribution in [2.75, 3.05) is 20.6 Å². The minimum absolute atomic E-state index is 0.140. The smallest absolute Gasteiger partial charge is 0.0761 e. The molecule has 2 aliphatic rings. The minimum atomic E-state index is -0.507. The van der Waals surface area contributed by atoms with Gasteiger partial charge >= 0.3 is 0 Å². The number of allylic oxidation sites excluding steroid dienone is 3. The van der Waals surface area contributed by atoms with Gasteiger partial charge < -0.3 is 15.1 Å². The van der Waals surface area contributed by atoms with Crippen LogP contribution in [0, 0.1) is 24.7 Å². The molecule has 1 saturated carbocycles. The highest BCUT2D eigenvalue weighted by molar-refractivity contribution is 5.29. The number of benzene rings is 1. The Morgan fingerprint density at radius 1 is 1.29 bits per heavy atom. The summed E-state index contributed by atoms with van der Waals surface area (Å²) >= 11 is 0. The van der Waals surface area contributed by atoms with Crippen LogP contribution in [-0.2, 0) is 6.42 Å². The summed E-state index contributed by atoms with van der Waals surface area (Å²) in [5.41, 5.74) is 3.76. The average molecular weight is 382 g/mol. The van der Waals surface area contributed by atoms with E-state index in [0.29, 0.717) is 18.3 Å². The number of hydrogen-bond donors (Lipinski definition) is 2. The van der Waals surface area contributed by atoms with E-state index in [4.69, 9.17) is 0 Å². The first-order chi connectivity index (χ1) is 13.4. The Bertz CT molecular complexity index is 734. The van der Waals surface area contributed by atoms with Crippen LogP contribution in [0.2, 0.25) is 0 Å². The molecule has 0 bridgehead atoms. The zero-order valence-electron chi connectivity index (χ0n) is 17.5. The predicted octanol–water partition coefficient (Wildman–Crippen LogP) is 3.91. The summed E-state index contributed by atoms with van der Waals surface area (Å²) in [4.78, 5) is 2.20. The number of aliphatic hydroxyl groups excluding tert-OH is 2. The van der Waals surface area contributed by atoms with Crippen LogP contribution in [0.1, 0.15) is 30.4 Å². The molecular formula is C25H35NO2. The molecule has 1 aromatic carbocycles. The standard InChI is InChI=1S/C25H35NO2/c1-18-7-6-9-19(13-18)15-22(27)10-11-23-24-16-20(8-4-5-12-26(2)3)14-21(24)17-25(23)28/h4,6-11,13-14,21-25,27-28H,5,12,15-17H2,1-3H3/b8-4-,11-10+/t21-,22-,23+,24-,25+/m0/s1. The molecule has 0 aliphatic heterocycles. The normalized spacial score (nSPS) is 28.4. The van der Waals surface area contributed by atoms with Crippen molar-refractivity contribution in [2.24, 2.45) is 17.8 Å². The molecule has 0 unspecified atom stereocenters. The van der Waals surface area contributed by atoms with Gasteiger partial charge in [0.15, 0.2) is 0 Å². The van der Waals surface area contributed by atoms with Crippen molar-refractivity contribution in [3.63, 3.8) is 0 Å². The van der Waals surface area contributed by atoms with E-state index in [1.165, 1.54) is 11.1 Å². The third-order valence-electron chi connectivity index (χ3n) is 6.06. The van der Waals surface area contributed by atoms with E-state index in [9.17, 15) is 10.2 Å². The van der Waals surface area contributed by atoms with Crippen molar-refractivity contribution in [1.29, 1.82) is 0 Å². The van der Waals surface area contributed by atoms with Crippen molar-refractivity contribution >= 4 is 0 Å². The number of aliphatic hydroxyl groups is 2. The molecular weight excluding hydrogens is 346 g/mol. The summed E-state index contributed by atoms with van der Waals surface area (Å²) in [7, 11) is 4.19. The molecule has 152 valence electrons. The largest absolute Gasteiger partial charge is 0.392 e. The average Bonchev–Trinajstić information content (AvgIpc) is 3.13. The summed E-state index contributed by atoms with van der Waals surface area (Å²) in [6, 6.07) is 8.28. The van der Waals surface area contributed by atoms with E-state index in [-0.39, 0.29) is 12.0 Å². The molecule has 3 heteroatoms. The van der Waals surface area contributed by atoms with E-state index in [2.05, 4.69) is 68.4 Å². The maximum absolute atomic E-state index is 10.5. The van der Waals surface area contributed by atoms with Crippen LogP contribution in [0.5, 0.6) is 0 Å². The first-order valence-electron chi connectivity index (χ1n) is 10.5. The van der Waals surface area contributed by atoms with Gasteiger partial charge in [0.05, 0.1) is 12.2 Å². The third kappa shape index (κ3) is 5.66. The molecule has 0 radical (unpaired) electrons. The number of rotatable bonds is 8. The van der Waals surface area contributed by atoms with E-state index in [1.807, 2.05) is 12.1 Å². The van der Waals surface area contributed by atoms with Crippen LogP contribution in [0.4, 0.5) is 0 Å². The number of hydrogen-bond acceptors (Lipinski definition) is 3. The summed E-state index contributed by atoms with van der Waals surface area (Å²) < 4.78 is 0. The maximum Gasteiger partial charge on any atom is 0.0761 e. The predicted molar refractivity (Wildman–Crippen MR) is 116 cm³/mol. The lowest BCUT2D eigenvalue weighted by Gasteiger charge is -2.18. The van der Waals surface area contributed by atoms with Crippen LogP contribution in [-0.4, -0.2) is 48.0 Å². The van der Waals surface area contributed by atoms with Crippen molar-refractivity contribution in [1.82, 2.24) is 4.90 Å². The zero-order valence-corrected chi connectivity index (χ0v) is 17.5. The molecule has 0 amide bonds. The first-order valence-corrected chi connectivity index (χ1v) is 10.5. The highest BCUT2D eigenvalue weighted by Crippen LogP contribution is 2.47. The van der Waals surface area contributed by atoms with Gasteiger partial charge in [0.25, 0.3) is 0 Å². The lowest BCUT2D eigenvalue weighted by atomic mass is 9.89. The monoisotopic (exact) mass is 381 g/mol. The maximum atomic E-state index is 10.5. The van der Waals surface area contributed by atoms with Crippen molar-refractivity contribution in [3.05, 3.63) is 71.3 Å². The summed E-state index contributed by atoms with van der Waals surface area (Å²) in [6.45, 7) is 3.14. The molecule has 2 aliphatic carbocycles. The van der Waals surface area contributed by atoms with Gasteiger partial charge in [-0.15, -0.1) is 0 Å². The van der Waals surface area contributed by atoms with Crippen molar-refractivity contribution in [2.45, 2.75) is 44.8 Å². The molecule has 28 heavy (non-hydrogen) atoms. The van der Waals surface area contributed by atoms with Crippen molar-refractivity contribution < 1.29 is 10.2 Å². The Morgan fingerprint density at radius 2 is 2.11 bits per heavy atom. The number of nitrogens with zero attached hydrogens (tertiary/aromatic N) is 1. The van der Waals surface area contributed by atoms with Crippen LogP contribution in [0.3, 0.4) is 0 Å². The van der Waals surface area contributed by atoms with E-state index in [1.54, 1.807) is 0 Å². The summed E-state index contributed by atoms with van der Waals surface area (Å²) in [5, 5.41) is 20.9. The van der Waals surface area contributed by atoms with Gasteiger partial charge in [0.1, 0.15) is 0 Å². The Hall–Kier alpha value is -1.68. The lowest BCUT2D eigenvalue weighted by Crippen LogP contribution is -2.18. The molecule has 1 aromatic rings. The second kappa shape index (κ2) is 9.69. The summed E-state index contributed by atoms with van der Waals surface area (Å²) in [5.74, 6) is 1.07. The van der Waals surface area contributed by atoms with E-state index in [0.717, 1.165) is 31.4 Å². The minimum Gasteiger partial charge on any atom is -0.392 e. The molecule has 3 nitrogen and oxygen atoms in total. The topological polar surface area (TPSA) is 43.7 Å². The molecule has 0 aromatic heterocycles. The first kappa shape index (κ1) is 21.0. The summed E-state index contributed by atoms with van der Waals surface area (Å²) in [6.07, 6.45) is 13.6. The molecule has 2 N–H and O–H groups in total. The zero-order chi connectivity index (χ0) is 20.1. The van der Waals surface area contributed by atoms with E-state index >= 15 is 0 Å². The van der Waals surface area contributed by atoms with Crippen LogP contribution >= 0.6 is 0 Å². The van der Waals surface area contributed by atoms with E-state index < -0.39 is 6.10 Å². The third-order valence-corrected chi connectivity index (χ3v) is 6.06. The Balaban J connectivity index is 1.54. The highest BCUT2D eigenvalue weighted by atomic mass is 16.3. The molecule has 5 atom stereocenters. The van der Waals surface area contributed by atoms with Crippen LogP contribution in [0.25, 0.3) is 0 Å². The van der Waals surface area contributed by atoms with Crippen LogP contribution < -0.4 is 0 Å². The SMILES string of the molecule is Cc1cccc(C[C@@H](O)/C=C/[C@@H]2[C@H]3CC(/C=C\CCN(C)C)=C[C@H]3C[C@H]2O)c1. The van der Waals surface area contributed by atoms with Crippen molar-refractivity contribution in [3.8, 4) is 0 Å². The van der Waals surface area contributed by atoms with Gasteiger partial charge in [0, 0.05) is 18.9 Å².